The molecule has 0 N–H and O–H groups in total. The normalized spacial score (nSPS) is 10.9. The van der Waals surface area contributed by atoms with Gasteiger partial charge in [0.2, 0.25) is 0 Å². The maximum Gasteiger partial charge on any atom is 0.123 e. The Morgan fingerprint density at radius 3 is 2.71 bits per heavy atom. The average molecular weight is 409 g/mol. The van der Waals surface area contributed by atoms with Crippen molar-refractivity contribution in [2.45, 2.75) is 20.4 Å². The van der Waals surface area contributed by atoms with E-state index in [1.807, 2.05) is 18.5 Å². The van der Waals surface area contributed by atoms with Crippen LogP contribution >= 0.6 is 38.5 Å². The zero-order valence-corrected chi connectivity index (χ0v) is 13.2. The number of halogens is 3. The first-order valence-corrected chi connectivity index (χ1v) is 6.99. The zero-order chi connectivity index (χ0) is 12.6. The minimum atomic E-state index is -0.223. The van der Waals surface area contributed by atoms with Gasteiger partial charge in [-0.2, -0.15) is 5.10 Å². The van der Waals surface area contributed by atoms with Crippen LogP contribution in [0.5, 0.6) is 0 Å². The van der Waals surface area contributed by atoms with Gasteiger partial charge in [-0.15, -0.1) is 0 Å². The molecule has 1 heterocycles. The molecule has 90 valence electrons. The summed E-state index contributed by atoms with van der Waals surface area (Å²) >= 11 is 5.71. The lowest BCUT2D eigenvalue weighted by atomic mass is 10.2. The minimum absolute atomic E-state index is 0.223. The molecule has 0 spiro atoms. The molecule has 1 aromatic heterocycles. The summed E-state index contributed by atoms with van der Waals surface area (Å²) in [6.07, 6.45) is 0. The maximum atomic E-state index is 13.2. The topological polar surface area (TPSA) is 17.8 Å². The Labute approximate surface area is 121 Å². The molecule has 0 atom stereocenters. The van der Waals surface area contributed by atoms with E-state index in [2.05, 4.69) is 43.6 Å². The van der Waals surface area contributed by atoms with Crippen LogP contribution in [0.2, 0.25) is 0 Å². The number of hydrogen-bond acceptors (Lipinski definition) is 1. The first kappa shape index (κ1) is 13.0. The van der Waals surface area contributed by atoms with E-state index in [4.69, 9.17) is 0 Å². The van der Waals surface area contributed by atoms with Crippen molar-refractivity contribution < 1.29 is 4.39 Å². The summed E-state index contributed by atoms with van der Waals surface area (Å²) in [4.78, 5) is 0. The van der Waals surface area contributed by atoms with Gasteiger partial charge in [0, 0.05) is 10.2 Å². The lowest BCUT2D eigenvalue weighted by molar-refractivity contribution is 0.614. The minimum Gasteiger partial charge on any atom is -0.264 e. The van der Waals surface area contributed by atoms with E-state index < -0.39 is 0 Å². The third-order valence-corrected chi connectivity index (χ3v) is 4.96. The molecule has 2 aromatic rings. The van der Waals surface area contributed by atoms with Gasteiger partial charge >= 0.3 is 0 Å². The van der Waals surface area contributed by atoms with E-state index in [1.54, 1.807) is 6.07 Å². The smallest absolute Gasteiger partial charge is 0.123 e. The molecule has 0 bridgehead atoms. The van der Waals surface area contributed by atoms with Crippen LogP contribution in [0.25, 0.3) is 0 Å². The molecule has 5 heteroatoms. The van der Waals surface area contributed by atoms with Gasteiger partial charge in [0.05, 0.1) is 15.8 Å². The molecule has 0 saturated heterocycles. The van der Waals surface area contributed by atoms with Crippen molar-refractivity contribution in [3.05, 3.63) is 49.0 Å². The highest BCUT2D eigenvalue weighted by molar-refractivity contribution is 14.1. The molecule has 0 aliphatic carbocycles. The van der Waals surface area contributed by atoms with Crippen molar-refractivity contribution >= 4 is 38.5 Å². The summed E-state index contributed by atoms with van der Waals surface area (Å²) < 4.78 is 17.1. The number of aromatic nitrogens is 2. The molecule has 0 saturated carbocycles. The van der Waals surface area contributed by atoms with Crippen molar-refractivity contribution in [1.82, 2.24) is 9.78 Å². The monoisotopic (exact) mass is 408 g/mol. The van der Waals surface area contributed by atoms with E-state index in [0.717, 1.165) is 25.0 Å². The van der Waals surface area contributed by atoms with Crippen LogP contribution in [0.4, 0.5) is 4.39 Å². The van der Waals surface area contributed by atoms with Crippen molar-refractivity contribution in [3.8, 4) is 0 Å². The summed E-state index contributed by atoms with van der Waals surface area (Å²) in [6.45, 7) is 4.58. The van der Waals surface area contributed by atoms with Crippen LogP contribution in [-0.2, 0) is 6.54 Å². The predicted molar refractivity (Wildman–Crippen MR) is 77.6 cm³/mol. The lowest BCUT2D eigenvalue weighted by Crippen LogP contribution is -2.05. The number of aryl methyl sites for hydroxylation is 1. The second-order valence-electron chi connectivity index (χ2n) is 3.88. The van der Waals surface area contributed by atoms with Gasteiger partial charge in [0.1, 0.15) is 5.82 Å². The van der Waals surface area contributed by atoms with E-state index in [1.165, 1.54) is 12.1 Å². The molecule has 0 fully saturated rings. The molecule has 17 heavy (non-hydrogen) atoms. The fraction of sp³-hybridized carbons (Fsp3) is 0.250. The molecule has 0 radical (unpaired) electrons. The Balaban J connectivity index is 2.37. The Bertz CT molecular complexity index is 566. The molecule has 1 aromatic carbocycles. The van der Waals surface area contributed by atoms with Gasteiger partial charge in [-0.05, 0) is 60.2 Å². The summed E-state index contributed by atoms with van der Waals surface area (Å²) in [5.41, 5.74) is 3.02. The Kier molecular flexibility index (Phi) is 3.87. The van der Waals surface area contributed by atoms with Crippen molar-refractivity contribution in [3.63, 3.8) is 0 Å². The van der Waals surface area contributed by atoms with Gasteiger partial charge in [-0.25, -0.2) is 4.39 Å². The van der Waals surface area contributed by atoms with Gasteiger partial charge in [0.15, 0.2) is 0 Å². The molecule has 2 rings (SSSR count). The number of benzene rings is 1. The molecule has 0 aliphatic rings. The van der Waals surface area contributed by atoms with E-state index in [9.17, 15) is 4.39 Å². The van der Waals surface area contributed by atoms with Crippen LogP contribution in [0, 0.1) is 23.2 Å². The SMILES string of the molecule is Cc1nn(Cc2cc(F)ccc2Br)c(C)c1I. The highest BCUT2D eigenvalue weighted by atomic mass is 127. The average Bonchev–Trinajstić information content (AvgIpc) is 2.52. The van der Waals surface area contributed by atoms with E-state index in [-0.39, 0.29) is 5.82 Å². The van der Waals surface area contributed by atoms with Crippen LogP contribution in [0.15, 0.2) is 22.7 Å². The van der Waals surface area contributed by atoms with Gasteiger partial charge in [-0.1, -0.05) is 15.9 Å². The van der Waals surface area contributed by atoms with E-state index in [0.29, 0.717) is 6.54 Å². The quantitative estimate of drug-likeness (QED) is 0.685. The molecular formula is C12H11BrFIN2. The maximum absolute atomic E-state index is 13.2. The number of hydrogen-bond donors (Lipinski definition) is 0. The van der Waals surface area contributed by atoms with Gasteiger partial charge in [-0.3, -0.25) is 4.68 Å². The number of rotatable bonds is 2. The first-order chi connectivity index (χ1) is 7.99. The molecular weight excluding hydrogens is 398 g/mol. The summed E-state index contributed by atoms with van der Waals surface area (Å²) in [6, 6.07) is 4.70. The van der Waals surface area contributed by atoms with Crippen molar-refractivity contribution in [2.75, 3.05) is 0 Å². The fourth-order valence-electron chi connectivity index (χ4n) is 1.65. The Morgan fingerprint density at radius 2 is 2.12 bits per heavy atom. The highest BCUT2D eigenvalue weighted by Gasteiger charge is 2.10. The summed E-state index contributed by atoms with van der Waals surface area (Å²) in [5, 5.41) is 4.44. The molecule has 0 amide bonds. The number of nitrogens with zero attached hydrogens (tertiary/aromatic N) is 2. The standard InChI is InChI=1S/C12H11BrFIN2/c1-7-12(15)8(2)17(16-7)6-9-5-10(14)3-4-11(9)13/h3-5H,6H2,1-2H3. The first-order valence-electron chi connectivity index (χ1n) is 5.12. The predicted octanol–water partition coefficient (Wildman–Crippen LogP) is 4.05. The van der Waals surface area contributed by atoms with Crippen molar-refractivity contribution in [2.24, 2.45) is 0 Å². The van der Waals surface area contributed by atoms with Crippen LogP contribution in [0.1, 0.15) is 17.0 Å². The summed E-state index contributed by atoms with van der Waals surface area (Å²) in [7, 11) is 0. The molecule has 0 unspecified atom stereocenters. The van der Waals surface area contributed by atoms with Crippen LogP contribution in [0.3, 0.4) is 0 Å². The van der Waals surface area contributed by atoms with Crippen molar-refractivity contribution in [1.29, 1.82) is 0 Å². The summed E-state index contributed by atoms with van der Waals surface area (Å²) in [5.74, 6) is -0.223. The largest absolute Gasteiger partial charge is 0.264 e. The molecule has 0 aliphatic heterocycles. The second-order valence-corrected chi connectivity index (χ2v) is 5.81. The van der Waals surface area contributed by atoms with Crippen LogP contribution in [-0.4, -0.2) is 9.78 Å². The van der Waals surface area contributed by atoms with Gasteiger partial charge in [0.25, 0.3) is 0 Å². The fourth-order valence-corrected chi connectivity index (χ4v) is 2.41. The second kappa shape index (κ2) is 5.06. The Hall–Kier alpha value is -0.430. The third-order valence-electron chi connectivity index (χ3n) is 2.62. The van der Waals surface area contributed by atoms with E-state index >= 15 is 0 Å². The van der Waals surface area contributed by atoms with Crippen LogP contribution < -0.4 is 0 Å². The lowest BCUT2D eigenvalue weighted by Gasteiger charge is -2.07. The highest BCUT2D eigenvalue weighted by Crippen LogP contribution is 2.21. The van der Waals surface area contributed by atoms with Gasteiger partial charge < -0.3 is 0 Å². The Morgan fingerprint density at radius 1 is 1.41 bits per heavy atom. The third kappa shape index (κ3) is 2.70. The zero-order valence-electron chi connectivity index (χ0n) is 9.47. The molecule has 2 nitrogen and oxygen atoms in total.